The number of hydrogen-bond acceptors (Lipinski definition) is 7. The van der Waals surface area contributed by atoms with E-state index in [0.29, 0.717) is 11.3 Å². The molecule has 3 aromatic carbocycles. The minimum atomic E-state index is -4.05. The molecular weight excluding hydrogens is 472 g/mol. The summed E-state index contributed by atoms with van der Waals surface area (Å²) in [6, 6.07) is 20.2. The molecule has 1 aliphatic heterocycles. The predicted octanol–water partition coefficient (Wildman–Crippen LogP) is 3.25. The highest BCUT2D eigenvalue weighted by Crippen LogP contribution is 2.30. The summed E-state index contributed by atoms with van der Waals surface area (Å²) in [5.74, 6) is -0.996. The summed E-state index contributed by atoms with van der Waals surface area (Å²) in [7, 11) is -4.05. The van der Waals surface area contributed by atoms with Crippen molar-refractivity contribution in [1.29, 1.82) is 0 Å². The van der Waals surface area contributed by atoms with E-state index in [0.717, 1.165) is 6.92 Å². The summed E-state index contributed by atoms with van der Waals surface area (Å²) in [4.78, 5) is 41.1. The van der Waals surface area contributed by atoms with Crippen LogP contribution in [0.5, 0.6) is 0 Å². The molecule has 4 rings (SSSR count). The average molecular weight is 490 g/mol. The zero-order valence-electron chi connectivity index (χ0n) is 18.3. The smallest absolute Gasteiger partial charge is 0.274 e. The molecule has 0 atom stereocenters. The molecule has 0 spiro atoms. The van der Waals surface area contributed by atoms with Crippen LogP contribution in [0.4, 0.5) is 11.4 Å². The third-order valence-electron chi connectivity index (χ3n) is 5.00. The molecule has 1 N–H and O–H groups in total. The predicted molar refractivity (Wildman–Crippen MR) is 129 cm³/mol. The molecule has 10 nitrogen and oxygen atoms in total. The Balaban J connectivity index is 1.79. The molecule has 0 saturated carbocycles. The zero-order chi connectivity index (χ0) is 25.2. The van der Waals surface area contributed by atoms with Gasteiger partial charge in [0.05, 0.1) is 21.1 Å². The van der Waals surface area contributed by atoms with Gasteiger partial charge < -0.3 is 0 Å². The number of nitrogens with zero attached hydrogens (tertiary/aromatic N) is 3. The number of benzene rings is 3. The van der Waals surface area contributed by atoms with Gasteiger partial charge in [-0.1, -0.05) is 42.5 Å². The van der Waals surface area contributed by atoms with E-state index in [1.165, 1.54) is 53.4 Å². The lowest BCUT2D eigenvalue weighted by Crippen LogP contribution is -2.33. The fourth-order valence-corrected chi connectivity index (χ4v) is 4.47. The van der Waals surface area contributed by atoms with Crippen molar-refractivity contribution < 1.29 is 22.9 Å². The largest absolute Gasteiger partial charge is 0.282 e. The molecule has 0 saturated heterocycles. The molecular formula is C24H18N4O6S. The zero-order valence-corrected chi connectivity index (χ0v) is 19.1. The Bertz CT molecular complexity index is 1500. The first-order chi connectivity index (χ1) is 16.7. The number of rotatable bonds is 6. The number of nitro benzene ring substituents is 1. The number of aliphatic imine (C=N–C) groups is 1. The van der Waals surface area contributed by atoms with Gasteiger partial charge in [0.15, 0.2) is 0 Å². The van der Waals surface area contributed by atoms with Crippen LogP contribution in [0.15, 0.2) is 94.4 Å². The Hall–Kier alpha value is -4.64. The molecule has 0 aromatic heterocycles. The Morgan fingerprint density at radius 3 is 2.26 bits per heavy atom. The van der Waals surface area contributed by atoms with Crippen molar-refractivity contribution in [2.75, 3.05) is 4.90 Å². The van der Waals surface area contributed by atoms with Gasteiger partial charge in [0.2, 0.25) is 5.91 Å². The number of nitrogens with one attached hydrogen (secondary N) is 1. The number of carbonyl (C=O) groups is 2. The summed E-state index contributed by atoms with van der Waals surface area (Å²) in [6.45, 7) is 1.09. The van der Waals surface area contributed by atoms with Gasteiger partial charge in [-0.25, -0.2) is 18.1 Å². The first kappa shape index (κ1) is 23.5. The van der Waals surface area contributed by atoms with Crippen LogP contribution >= 0.6 is 0 Å². The van der Waals surface area contributed by atoms with Gasteiger partial charge in [-0.2, -0.15) is 0 Å². The van der Waals surface area contributed by atoms with Gasteiger partial charge in [0.25, 0.3) is 21.6 Å². The van der Waals surface area contributed by atoms with Crippen LogP contribution in [0.1, 0.15) is 18.1 Å². The maximum Gasteiger partial charge on any atom is 0.282 e. The van der Waals surface area contributed by atoms with E-state index in [1.54, 1.807) is 36.4 Å². The molecule has 3 aromatic rings. The highest BCUT2D eigenvalue weighted by molar-refractivity contribution is 7.90. The van der Waals surface area contributed by atoms with E-state index in [-0.39, 0.29) is 27.7 Å². The van der Waals surface area contributed by atoms with E-state index in [1.807, 2.05) is 4.72 Å². The fourth-order valence-electron chi connectivity index (χ4n) is 3.48. The molecule has 2 amide bonds. The lowest BCUT2D eigenvalue weighted by molar-refractivity contribution is -0.385. The number of amides is 2. The maximum absolute atomic E-state index is 13.4. The quantitative estimate of drug-likeness (QED) is 0.320. The van der Waals surface area contributed by atoms with E-state index in [9.17, 15) is 28.1 Å². The highest BCUT2D eigenvalue weighted by Gasteiger charge is 2.33. The Labute approximate surface area is 200 Å². The molecule has 176 valence electrons. The van der Waals surface area contributed by atoms with Crippen LogP contribution in [0, 0.1) is 10.1 Å². The summed E-state index contributed by atoms with van der Waals surface area (Å²) in [5.41, 5.74) is 0.964. The number of amidine groups is 1. The summed E-state index contributed by atoms with van der Waals surface area (Å²) in [5, 5.41) is 11.4. The third-order valence-corrected chi connectivity index (χ3v) is 6.45. The van der Waals surface area contributed by atoms with Crippen molar-refractivity contribution in [2.45, 2.75) is 11.8 Å². The minimum Gasteiger partial charge on any atom is -0.274 e. The number of nitro groups is 1. The van der Waals surface area contributed by atoms with Crippen LogP contribution in [-0.4, -0.2) is 31.0 Å². The molecule has 0 unspecified atom stereocenters. The second-order valence-electron chi connectivity index (χ2n) is 7.44. The number of para-hydroxylation sites is 1. The van der Waals surface area contributed by atoms with Crippen molar-refractivity contribution in [2.24, 2.45) is 4.99 Å². The first-order valence-electron chi connectivity index (χ1n) is 10.2. The molecule has 11 heteroatoms. The van der Waals surface area contributed by atoms with Crippen molar-refractivity contribution >= 4 is 45.1 Å². The lowest BCUT2D eigenvalue weighted by Gasteiger charge is -2.19. The molecule has 0 radical (unpaired) electrons. The minimum absolute atomic E-state index is 0.0203. The molecule has 1 aliphatic rings. The van der Waals surface area contributed by atoms with Crippen LogP contribution in [0.3, 0.4) is 0 Å². The van der Waals surface area contributed by atoms with E-state index >= 15 is 0 Å². The summed E-state index contributed by atoms with van der Waals surface area (Å²) < 4.78 is 26.4. The van der Waals surface area contributed by atoms with E-state index in [4.69, 9.17) is 0 Å². The van der Waals surface area contributed by atoms with Crippen LogP contribution in [0.25, 0.3) is 6.08 Å². The van der Waals surface area contributed by atoms with Gasteiger partial charge in [0.1, 0.15) is 11.5 Å². The SMILES string of the molecule is CC(=O)NS(=O)(=O)c1ccc(N2C(=O)/C(=C\c3ccccc3[N+](=O)[O-])N=C2c2ccccc2)cc1. The molecule has 1 heterocycles. The van der Waals surface area contributed by atoms with Gasteiger partial charge in [-0.3, -0.25) is 24.6 Å². The van der Waals surface area contributed by atoms with Crippen LogP contribution < -0.4 is 9.62 Å². The van der Waals surface area contributed by atoms with Crippen molar-refractivity contribution in [3.05, 3.63) is 106 Å². The fraction of sp³-hybridized carbons (Fsp3) is 0.0417. The van der Waals surface area contributed by atoms with E-state index in [2.05, 4.69) is 4.99 Å². The first-order valence-corrected chi connectivity index (χ1v) is 11.7. The van der Waals surface area contributed by atoms with Crippen LogP contribution in [0.2, 0.25) is 0 Å². The lowest BCUT2D eigenvalue weighted by atomic mass is 10.1. The normalized spacial score (nSPS) is 14.7. The Morgan fingerprint density at radius 2 is 1.63 bits per heavy atom. The second kappa shape index (κ2) is 9.31. The number of hydrogen-bond donors (Lipinski definition) is 1. The average Bonchev–Trinajstić information content (AvgIpc) is 3.15. The molecule has 0 bridgehead atoms. The molecule has 0 fully saturated rings. The molecule has 35 heavy (non-hydrogen) atoms. The number of carbonyl (C=O) groups excluding carboxylic acids is 2. The summed E-state index contributed by atoms with van der Waals surface area (Å²) in [6.07, 6.45) is 1.35. The number of anilines is 1. The van der Waals surface area contributed by atoms with Crippen molar-refractivity contribution in [3.8, 4) is 0 Å². The number of sulfonamides is 1. The van der Waals surface area contributed by atoms with Gasteiger partial charge >= 0.3 is 0 Å². The standard InChI is InChI=1S/C24H18N4O6S/c1-16(29)26-35(33,34)20-13-11-19(12-14-20)27-23(17-7-3-2-4-8-17)25-21(24(27)30)15-18-9-5-6-10-22(18)28(31)32/h2-15H,1H3,(H,26,29)/b21-15+. The Morgan fingerprint density at radius 1 is 1.00 bits per heavy atom. The third kappa shape index (κ3) is 4.84. The molecule has 0 aliphatic carbocycles. The van der Waals surface area contributed by atoms with E-state index < -0.39 is 26.8 Å². The monoisotopic (exact) mass is 490 g/mol. The van der Waals surface area contributed by atoms with Crippen molar-refractivity contribution in [3.63, 3.8) is 0 Å². The highest BCUT2D eigenvalue weighted by atomic mass is 32.2. The van der Waals surface area contributed by atoms with Gasteiger partial charge in [-0.15, -0.1) is 0 Å². The second-order valence-corrected chi connectivity index (χ2v) is 9.13. The topological polar surface area (TPSA) is 139 Å². The van der Waals surface area contributed by atoms with Crippen LogP contribution in [-0.2, 0) is 19.6 Å². The Kier molecular flexibility index (Phi) is 6.26. The van der Waals surface area contributed by atoms with Crippen molar-refractivity contribution in [1.82, 2.24) is 4.72 Å². The summed E-state index contributed by atoms with van der Waals surface area (Å²) >= 11 is 0. The van der Waals surface area contributed by atoms with Gasteiger partial charge in [0, 0.05) is 18.6 Å². The van der Waals surface area contributed by atoms with Gasteiger partial charge in [-0.05, 0) is 36.4 Å². The maximum atomic E-state index is 13.4.